The molecule has 320 valence electrons. The topological polar surface area (TPSA) is 180 Å². The van der Waals surface area contributed by atoms with E-state index in [4.69, 9.17) is 19.3 Å². The number of ether oxygens (including phenoxy) is 2. The predicted molar refractivity (Wildman–Crippen MR) is 218 cm³/mol. The highest BCUT2D eigenvalue weighted by molar-refractivity contribution is 7.46. The summed E-state index contributed by atoms with van der Waals surface area (Å²) in [5.41, 5.74) is 0. The molecule has 11 nitrogen and oxygen atoms in total. The SMILES string of the molecule is CCCCC/C=C\C/C=C\CCCCCCCCCC(=O)O[C@H](COC(=O)CCCCCC[C@@H]1[C@@H](/C=C/[C@@H](O)CCCCC)[C@H](O)C[C@@H]1O)COP(=O)(O)O. The molecule has 5 N–H and O–H groups in total. The Morgan fingerprint density at radius 1 is 0.709 bits per heavy atom. The van der Waals surface area contributed by atoms with Crippen LogP contribution < -0.4 is 0 Å². The van der Waals surface area contributed by atoms with E-state index in [1.54, 1.807) is 6.08 Å². The van der Waals surface area contributed by atoms with Crippen LogP contribution in [-0.2, 0) is 28.2 Å². The summed E-state index contributed by atoms with van der Waals surface area (Å²) in [7, 11) is -4.81. The Morgan fingerprint density at radius 2 is 1.27 bits per heavy atom. The van der Waals surface area contributed by atoms with E-state index in [2.05, 4.69) is 42.7 Å². The van der Waals surface area contributed by atoms with Crippen LogP contribution in [0.4, 0.5) is 0 Å². The number of carbonyl (C=O) groups is 2. The number of phosphoric acid groups is 1. The highest BCUT2D eigenvalue weighted by Gasteiger charge is 2.39. The van der Waals surface area contributed by atoms with Crippen molar-refractivity contribution in [3.63, 3.8) is 0 Å². The van der Waals surface area contributed by atoms with Gasteiger partial charge in [0.15, 0.2) is 6.10 Å². The molecule has 0 radical (unpaired) electrons. The summed E-state index contributed by atoms with van der Waals surface area (Å²) in [5, 5.41) is 31.2. The summed E-state index contributed by atoms with van der Waals surface area (Å²) >= 11 is 0. The Hall–Kier alpha value is -1.85. The molecule has 0 heterocycles. The zero-order valence-electron chi connectivity index (χ0n) is 34.2. The molecule has 0 aromatic heterocycles. The lowest BCUT2D eigenvalue weighted by Gasteiger charge is -2.21. The van der Waals surface area contributed by atoms with E-state index in [-0.39, 0.29) is 31.3 Å². The molecule has 1 rings (SSSR count). The molecule has 0 amide bonds. The Kier molecular flexibility index (Phi) is 30.8. The first kappa shape index (κ1) is 51.2. The van der Waals surface area contributed by atoms with E-state index in [9.17, 15) is 29.5 Å². The molecule has 12 heteroatoms. The van der Waals surface area contributed by atoms with Crippen molar-refractivity contribution in [2.24, 2.45) is 11.8 Å². The van der Waals surface area contributed by atoms with Crippen molar-refractivity contribution in [1.29, 1.82) is 0 Å². The molecule has 6 atom stereocenters. The van der Waals surface area contributed by atoms with E-state index >= 15 is 0 Å². The predicted octanol–water partition coefficient (Wildman–Crippen LogP) is 9.34. The lowest BCUT2D eigenvalue weighted by Crippen LogP contribution is -2.29. The van der Waals surface area contributed by atoms with Gasteiger partial charge in [-0.2, -0.15) is 0 Å². The Balaban J connectivity index is 2.25. The van der Waals surface area contributed by atoms with Crippen LogP contribution >= 0.6 is 7.82 Å². The largest absolute Gasteiger partial charge is 0.469 e. The summed E-state index contributed by atoms with van der Waals surface area (Å²) in [4.78, 5) is 43.1. The van der Waals surface area contributed by atoms with Gasteiger partial charge in [-0.3, -0.25) is 14.1 Å². The first-order chi connectivity index (χ1) is 26.5. The number of hydrogen-bond donors (Lipinski definition) is 5. The number of hydrogen-bond acceptors (Lipinski definition) is 9. The second-order valence-corrected chi connectivity index (χ2v) is 16.5. The number of phosphoric ester groups is 1. The summed E-state index contributed by atoms with van der Waals surface area (Å²) in [5.74, 6) is -1.31. The Bertz CT molecular complexity index is 1100. The molecule has 0 aromatic carbocycles. The Morgan fingerprint density at radius 3 is 1.91 bits per heavy atom. The summed E-state index contributed by atoms with van der Waals surface area (Å²) in [6.45, 7) is 3.38. The van der Waals surface area contributed by atoms with Crippen molar-refractivity contribution in [3.05, 3.63) is 36.5 Å². The average molecular weight is 801 g/mol. The summed E-state index contributed by atoms with van der Waals surface area (Å²) in [6, 6.07) is 0. The minimum Gasteiger partial charge on any atom is -0.462 e. The van der Waals surface area contributed by atoms with Gasteiger partial charge in [0.05, 0.1) is 24.9 Å². The molecular formula is C43H77O11P. The van der Waals surface area contributed by atoms with Gasteiger partial charge in [-0.05, 0) is 63.7 Å². The van der Waals surface area contributed by atoms with Crippen LogP contribution in [0.3, 0.4) is 0 Å². The molecule has 1 aliphatic carbocycles. The molecule has 1 saturated carbocycles. The first-order valence-corrected chi connectivity index (χ1v) is 23.1. The van der Waals surface area contributed by atoms with Gasteiger partial charge in [0.25, 0.3) is 0 Å². The average Bonchev–Trinajstić information content (AvgIpc) is 3.41. The maximum atomic E-state index is 12.5. The zero-order valence-corrected chi connectivity index (χ0v) is 35.0. The van der Waals surface area contributed by atoms with Crippen molar-refractivity contribution in [2.45, 2.75) is 199 Å². The number of rotatable bonds is 35. The number of carbonyl (C=O) groups excluding carboxylic acids is 2. The monoisotopic (exact) mass is 801 g/mol. The van der Waals surface area contributed by atoms with Crippen molar-refractivity contribution in [1.82, 2.24) is 0 Å². The third-order valence-electron chi connectivity index (χ3n) is 10.2. The fraction of sp³-hybridized carbons (Fsp3) is 0.814. The number of esters is 2. The van der Waals surface area contributed by atoms with E-state index in [1.807, 2.05) is 6.08 Å². The molecule has 0 unspecified atom stereocenters. The number of allylic oxidation sites excluding steroid dienone is 4. The van der Waals surface area contributed by atoms with Gasteiger partial charge in [0.2, 0.25) is 0 Å². The molecule has 55 heavy (non-hydrogen) atoms. The third kappa shape index (κ3) is 29.1. The smallest absolute Gasteiger partial charge is 0.462 e. The lowest BCUT2D eigenvalue weighted by molar-refractivity contribution is -0.161. The van der Waals surface area contributed by atoms with Crippen LogP contribution in [0.1, 0.15) is 174 Å². The fourth-order valence-corrected chi connectivity index (χ4v) is 7.33. The standard InChI is InChI=1S/C43H77O11P/c1-3-5-7-8-9-10-11-12-13-14-15-16-17-18-19-20-26-30-43(48)54-37(35-53-55(49,50)51)34-52-42(47)29-25-22-21-24-28-38-39(41(46)33-40(38)45)32-31-36(44)27-23-6-4-2/h9-10,12-13,31-32,36-41,44-46H,3-8,11,14-30,33-35H2,1-2H3,(H2,49,50,51)/b10-9-,13-12-,32-31+/t36-,37+,38+,39+,40-,41+/m0/s1. The highest BCUT2D eigenvalue weighted by atomic mass is 31.2. The molecule has 1 fully saturated rings. The van der Waals surface area contributed by atoms with Crippen LogP contribution in [-0.4, -0.2) is 74.7 Å². The van der Waals surface area contributed by atoms with Crippen molar-refractivity contribution in [3.8, 4) is 0 Å². The first-order valence-electron chi connectivity index (χ1n) is 21.5. The van der Waals surface area contributed by atoms with Crippen LogP contribution in [0.25, 0.3) is 0 Å². The van der Waals surface area contributed by atoms with Crippen LogP contribution in [0, 0.1) is 11.8 Å². The van der Waals surface area contributed by atoms with Gasteiger partial charge in [0, 0.05) is 25.2 Å². The van der Waals surface area contributed by atoms with E-state index in [1.165, 1.54) is 38.5 Å². The number of aliphatic hydroxyl groups excluding tert-OH is 3. The van der Waals surface area contributed by atoms with Gasteiger partial charge in [-0.15, -0.1) is 0 Å². The van der Waals surface area contributed by atoms with E-state index in [0.717, 1.165) is 83.5 Å². The molecule has 0 aromatic rings. The molecular weight excluding hydrogens is 723 g/mol. The summed E-state index contributed by atoms with van der Waals surface area (Å²) in [6.07, 6.45) is 32.1. The minimum absolute atomic E-state index is 0.0838. The normalized spacial score (nSPS) is 20.2. The number of aliphatic hydroxyl groups is 3. The van der Waals surface area contributed by atoms with Crippen molar-refractivity contribution in [2.75, 3.05) is 13.2 Å². The van der Waals surface area contributed by atoms with Crippen LogP contribution in [0.15, 0.2) is 36.5 Å². The molecule has 0 spiro atoms. The number of unbranched alkanes of at least 4 members (excludes halogenated alkanes) is 15. The minimum atomic E-state index is -4.81. The zero-order chi connectivity index (χ0) is 40.6. The highest BCUT2D eigenvalue weighted by Crippen LogP contribution is 2.38. The molecule has 0 bridgehead atoms. The molecule has 0 aliphatic heterocycles. The maximum Gasteiger partial charge on any atom is 0.469 e. The summed E-state index contributed by atoms with van der Waals surface area (Å²) < 4.78 is 26.4. The quantitative estimate of drug-likeness (QED) is 0.0178. The Labute approximate surface area is 332 Å². The molecule has 1 aliphatic rings. The second kappa shape index (κ2) is 33.2. The fourth-order valence-electron chi connectivity index (χ4n) is 6.97. The van der Waals surface area contributed by atoms with Crippen LogP contribution in [0.2, 0.25) is 0 Å². The van der Waals surface area contributed by atoms with Crippen molar-refractivity contribution >= 4 is 19.8 Å². The van der Waals surface area contributed by atoms with Gasteiger partial charge >= 0.3 is 19.8 Å². The van der Waals surface area contributed by atoms with E-state index in [0.29, 0.717) is 25.7 Å². The van der Waals surface area contributed by atoms with Gasteiger partial charge in [-0.1, -0.05) is 134 Å². The van der Waals surface area contributed by atoms with Crippen LogP contribution in [0.5, 0.6) is 0 Å². The van der Waals surface area contributed by atoms with Gasteiger partial charge in [0.1, 0.15) is 6.61 Å². The van der Waals surface area contributed by atoms with Crippen molar-refractivity contribution < 1.29 is 53.3 Å². The molecule has 0 saturated heterocycles. The third-order valence-corrected chi connectivity index (χ3v) is 10.7. The van der Waals surface area contributed by atoms with Gasteiger partial charge in [-0.25, -0.2) is 4.57 Å². The lowest BCUT2D eigenvalue weighted by atomic mass is 9.88. The van der Waals surface area contributed by atoms with E-state index < -0.39 is 50.8 Å². The maximum absolute atomic E-state index is 12.5. The second-order valence-electron chi connectivity index (χ2n) is 15.3. The van der Waals surface area contributed by atoms with Gasteiger partial charge < -0.3 is 34.6 Å².